The summed E-state index contributed by atoms with van der Waals surface area (Å²) in [5.41, 5.74) is 2.63. The van der Waals surface area contributed by atoms with E-state index in [9.17, 15) is 0 Å². The Morgan fingerprint density at radius 2 is 1.14 bits per heavy atom. The van der Waals surface area contributed by atoms with E-state index in [1.54, 1.807) is 23.9 Å². The van der Waals surface area contributed by atoms with Crippen molar-refractivity contribution in [1.82, 2.24) is 8.15 Å². The van der Waals surface area contributed by atoms with Crippen molar-refractivity contribution in [3.05, 3.63) is 71.8 Å². The molecule has 116 valence electrons. The van der Waals surface area contributed by atoms with Crippen molar-refractivity contribution in [2.75, 3.05) is 12.5 Å². The van der Waals surface area contributed by atoms with E-state index >= 15 is 0 Å². The standard InChI is InChI=1S/C16H18ClN2PS2/c1-21-18-15(13-9-5-3-6-10-13)16(19(22-2)20(18)17)14-11-7-4-8-12-14/h3-12,15-16H,1-2H3/t15-,16-/m1/s1. The minimum Gasteiger partial charge on any atom is -0.192 e. The van der Waals surface area contributed by atoms with Crippen molar-refractivity contribution in [1.29, 1.82) is 0 Å². The number of rotatable bonds is 4. The predicted octanol–water partition coefficient (Wildman–Crippen LogP) is 6.11. The molecule has 2 aromatic rings. The first-order valence-corrected chi connectivity index (χ1v) is 11.5. The molecule has 0 spiro atoms. The van der Waals surface area contributed by atoms with Gasteiger partial charge >= 0.3 is 0 Å². The van der Waals surface area contributed by atoms with Gasteiger partial charge in [0.2, 0.25) is 0 Å². The van der Waals surface area contributed by atoms with Crippen molar-refractivity contribution >= 4 is 42.7 Å². The highest BCUT2D eigenvalue weighted by molar-refractivity contribution is 8.09. The summed E-state index contributed by atoms with van der Waals surface area (Å²) in [6.07, 6.45) is 4.22. The van der Waals surface area contributed by atoms with Crippen LogP contribution < -0.4 is 0 Å². The second kappa shape index (κ2) is 7.57. The Morgan fingerprint density at radius 3 is 1.45 bits per heavy atom. The molecule has 0 amide bonds. The number of nitrogens with zero attached hydrogens (tertiary/aromatic N) is 2. The van der Waals surface area contributed by atoms with E-state index in [-0.39, 0.29) is 12.1 Å². The van der Waals surface area contributed by atoms with Crippen LogP contribution in [0.1, 0.15) is 23.2 Å². The molecule has 1 aliphatic heterocycles. The van der Waals surface area contributed by atoms with Gasteiger partial charge in [0.25, 0.3) is 0 Å². The second-order valence-electron chi connectivity index (χ2n) is 4.92. The molecule has 3 rings (SSSR count). The SMILES string of the molecule is CSN1[C@H](c2ccccc2)[C@@H](c2ccccc2)N(SC)P1Cl. The Labute approximate surface area is 147 Å². The van der Waals surface area contributed by atoms with Crippen molar-refractivity contribution in [2.24, 2.45) is 0 Å². The molecule has 0 aromatic heterocycles. The van der Waals surface area contributed by atoms with E-state index in [2.05, 4.69) is 81.3 Å². The van der Waals surface area contributed by atoms with Gasteiger partial charge in [-0.1, -0.05) is 95.8 Å². The summed E-state index contributed by atoms with van der Waals surface area (Å²) in [6.45, 7) is 0. The first kappa shape index (κ1) is 16.6. The molecule has 2 aromatic carbocycles. The lowest BCUT2D eigenvalue weighted by Gasteiger charge is -2.26. The van der Waals surface area contributed by atoms with Crippen LogP contribution in [0.3, 0.4) is 0 Å². The molecule has 0 saturated carbocycles. The molecule has 1 saturated heterocycles. The summed E-state index contributed by atoms with van der Waals surface area (Å²) < 4.78 is 4.70. The molecule has 1 heterocycles. The lowest BCUT2D eigenvalue weighted by atomic mass is 9.95. The van der Waals surface area contributed by atoms with Crippen molar-refractivity contribution in [2.45, 2.75) is 12.1 Å². The fourth-order valence-electron chi connectivity index (χ4n) is 2.82. The van der Waals surface area contributed by atoms with E-state index in [4.69, 9.17) is 11.2 Å². The Hall–Kier alpha value is -0.220. The third-order valence-corrected chi connectivity index (χ3v) is 9.53. The van der Waals surface area contributed by atoms with Gasteiger partial charge in [0.1, 0.15) is 0 Å². The fourth-order valence-corrected chi connectivity index (χ4v) is 8.21. The van der Waals surface area contributed by atoms with Gasteiger partial charge in [-0.3, -0.25) is 0 Å². The molecular formula is C16H18ClN2PS2. The molecule has 1 aliphatic rings. The van der Waals surface area contributed by atoms with Crippen molar-refractivity contribution in [3.63, 3.8) is 0 Å². The van der Waals surface area contributed by atoms with Crippen LogP contribution in [0.4, 0.5) is 0 Å². The molecule has 6 heteroatoms. The van der Waals surface area contributed by atoms with E-state index in [1.165, 1.54) is 11.1 Å². The first-order valence-electron chi connectivity index (χ1n) is 7.00. The number of hydrogen-bond donors (Lipinski definition) is 0. The average Bonchev–Trinajstić information content (AvgIpc) is 2.88. The normalized spacial score (nSPS) is 24.0. The van der Waals surface area contributed by atoms with Crippen LogP contribution in [-0.4, -0.2) is 20.7 Å². The van der Waals surface area contributed by atoms with Gasteiger partial charge in [-0.15, -0.1) is 0 Å². The van der Waals surface area contributed by atoms with Crippen LogP contribution in [-0.2, 0) is 0 Å². The van der Waals surface area contributed by atoms with Gasteiger partial charge < -0.3 is 0 Å². The second-order valence-corrected chi connectivity index (χ2v) is 9.23. The zero-order chi connectivity index (χ0) is 15.5. The highest BCUT2D eigenvalue weighted by atomic mass is 35.7. The van der Waals surface area contributed by atoms with Crippen LogP contribution in [0.25, 0.3) is 0 Å². The van der Waals surface area contributed by atoms with Gasteiger partial charge in [0.05, 0.1) is 12.1 Å². The van der Waals surface area contributed by atoms with E-state index < -0.39 is 7.58 Å². The zero-order valence-corrected chi connectivity index (χ0v) is 15.7. The predicted molar refractivity (Wildman–Crippen MR) is 102 cm³/mol. The third kappa shape index (κ3) is 3.06. The molecule has 0 aliphatic carbocycles. The van der Waals surface area contributed by atoms with Gasteiger partial charge in [-0.25, -0.2) is 0 Å². The Kier molecular flexibility index (Phi) is 5.72. The summed E-state index contributed by atoms with van der Waals surface area (Å²) in [7, 11) is -0.853. The topological polar surface area (TPSA) is 6.48 Å². The summed E-state index contributed by atoms with van der Waals surface area (Å²) in [6, 6.07) is 21.9. The molecule has 0 bridgehead atoms. The molecule has 22 heavy (non-hydrogen) atoms. The highest BCUT2D eigenvalue weighted by Crippen LogP contribution is 2.71. The van der Waals surface area contributed by atoms with Gasteiger partial charge in [-0.2, -0.15) is 8.15 Å². The molecule has 0 N–H and O–H groups in total. The van der Waals surface area contributed by atoms with Crippen LogP contribution in [0, 0.1) is 0 Å². The molecule has 0 radical (unpaired) electrons. The maximum Gasteiger partial charge on any atom is 0.161 e. The number of halogens is 1. The summed E-state index contributed by atoms with van der Waals surface area (Å²) in [5.74, 6) is 0. The van der Waals surface area contributed by atoms with Crippen LogP contribution in [0.2, 0.25) is 0 Å². The average molecular weight is 369 g/mol. The Bertz CT molecular complexity index is 548. The van der Waals surface area contributed by atoms with Crippen molar-refractivity contribution < 1.29 is 0 Å². The zero-order valence-electron chi connectivity index (χ0n) is 12.5. The molecule has 1 fully saturated rings. The smallest absolute Gasteiger partial charge is 0.161 e. The van der Waals surface area contributed by atoms with E-state index in [0.29, 0.717) is 0 Å². The first-order chi connectivity index (χ1) is 10.8. The van der Waals surface area contributed by atoms with Gasteiger partial charge in [0.15, 0.2) is 7.58 Å². The molecular weight excluding hydrogens is 351 g/mol. The minimum atomic E-state index is -0.853. The lowest BCUT2D eigenvalue weighted by Crippen LogP contribution is -2.18. The summed E-state index contributed by atoms with van der Waals surface area (Å²) in [4.78, 5) is 0. The Balaban J connectivity index is 2.08. The van der Waals surface area contributed by atoms with Crippen LogP contribution in [0.5, 0.6) is 0 Å². The third-order valence-electron chi connectivity index (χ3n) is 3.76. The van der Waals surface area contributed by atoms with Crippen LogP contribution >= 0.6 is 42.7 Å². The maximum atomic E-state index is 6.81. The largest absolute Gasteiger partial charge is 0.192 e. The summed E-state index contributed by atoms with van der Waals surface area (Å²) >= 11 is 10.3. The number of hydrogen-bond acceptors (Lipinski definition) is 4. The van der Waals surface area contributed by atoms with Gasteiger partial charge in [-0.05, 0) is 23.6 Å². The molecule has 2 nitrogen and oxygen atoms in total. The lowest BCUT2D eigenvalue weighted by molar-refractivity contribution is 0.415. The minimum absolute atomic E-state index is 0.259. The molecule has 0 unspecified atom stereocenters. The van der Waals surface area contributed by atoms with Crippen LogP contribution in [0.15, 0.2) is 60.7 Å². The van der Waals surface area contributed by atoms with Crippen molar-refractivity contribution in [3.8, 4) is 0 Å². The maximum absolute atomic E-state index is 6.81. The van der Waals surface area contributed by atoms with Gasteiger partial charge in [0, 0.05) is 0 Å². The highest BCUT2D eigenvalue weighted by Gasteiger charge is 2.48. The van der Waals surface area contributed by atoms with E-state index in [0.717, 1.165) is 0 Å². The van der Waals surface area contributed by atoms with E-state index in [1.807, 2.05) is 0 Å². The monoisotopic (exact) mass is 368 g/mol. The Morgan fingerprint density at radius 1 is 0.773 bits per heavy atom. The quantitative estimate of drug-likeness (QED) is 0.474. The fraction of sp³-hybridized carbons (Fsp3) is 0.250. The molecule has 2 atom stereocenters. The summed E-state index contributed by atoms with van der Waals surface area (Å²) in [5, 5.41) is 0. The number of benzene rings is 2.